The van der Waals surface area contributed by atoms with Crippen LogP contribution in [-0.4, -0.2) is 17.8 Å². The molecule has 0 saturated carbocycles. The Labute approximate surface area is 206 Å². The van der Waals surface area contributed by atoms with Crippen LogP contribution in [0.5, 0.6) is 0 Å². The quantitative estimate of drug-likeness (QED) is 0.233. The van der Waals surface area contributed by atoms with Crippen molar-refractivity contribution in [3.05, 3.63) is 69.4 Å². The zero-order chi connectivity index (χ0) is 25.5. The molecule has 0 radical (unpaired) electrons. The molecule has 0 saturated heterocycles. The molecule has 0 nitrogen and oxygen atoms in total. The van der Waals surface area contributed by atoms with Crippen molar-refractivity contribution in [3.63, 3.8) is 0 Å². The van der Waals surface area contributed by atoms with Crippen molar-refractivity contribution in [2.24, 2.45) is 0 Å². The van der Waals surface area contributed by atoms with Gasteiger partial charge in [0.05, 0.1) is 0 Å². The molecule has 8 heteroatoms. The minimum atomic E-state index is -5.58. The third-order valence-corrected chi connectivity index (χ3v) is 9.40. The highest BCUT2D eigenvalue weighted by Gasteiger charge is 2.80. The largest absolute Gasteiger partial charge is 0.380 e. The predicted octanol–water partition coefficient (Wildman–Crippen LogP) is 10.2. The Morgan fingerprint density at radius 1 is 0.571 bits per heavy atom. The summed E-state index contributed by atoms with van der Waals surface area (Å²) in [4.78, 5) is 0.773. The van der Waals surface area contributed by atoms with Crippen LogP contribution in [0, 0.1) is 0 Å². The van der Waals surface area contributed by atoms with Gasteiger partial charge >= 0.3 is 17.8 Å². The van der Waals surface area contributed by atoms with Crippen molar-refractivity contribution >= 4 is 54.0 Å². The third kappa shape index (κ3) is 3.18. The van der Waals surface area contributed by atoms with Crippen LogP contribution in [0.4, 0.5) is 26.3 Å². The van der Waals surface area contributed by atoms with Crippen LogP contribution in [0.15, 0.2) is 48.5 Å². The maximum Gasteiger partial charge on any atom is 0.380 e. The van der Waals surface area contributed by atoms with Crippen LogP contribution < -0.4 is 0 Å². The van der Waals surface area contributed by atoms with Gasteiger partial charge in [-0.1, -0.05) is 64.1 Å². The first-order valence-corrected chi connectivity index (χ1v) is 12.9. The molecule has 1 aliphatic rings. The van der Waals surface area contributed by atoms with Gasteiger partial charge in [-0.3, -0.25) is 0 Å². The summed E-state index contributed by atoms with van der Waals surface area (Å²) in [6.45, 7) is 6.99. The summed E-state index contributed by atoms with van der Waals surface area (Å²) in [5.74, 6) is -16.4. The first-order chi connectivity index (χ1) is 16.3. The summed E-state index contributed by atoms with van der Waals surface area (Å²) in [6.07, 6.45) is 0. The summed E-state index contributed by atoms with van der Waals surface area (Å²) in [7, 11) is 0. The van der Waals surface area contributed by atoms with Gasteiger partial charge in [0, 0.05) is 52.2 Å². The standard InChI is InChI=1S/C27H22F6S2/c1-13(2)23-19(15-9-5-7-11-17(15)34-23)21-22(26(30,31)27(32,33)25(21,28)29)20-16-10-6-8-12-18(16)35-24(20)14(3)4/h5-14H,1-4H3. The molecule has 0 N–H and O–H groups in total. The summed E-state index contributed by atoms with van der Waals surface area (Å²) in [5, 5.41) is 0.569. The molecular formula is C27H22F6S2. The SMILES string of the molecule is CC(C)c1sc2ccccc2c1C1=C(c2c(C(C)C)sc3ccccc23)C(F)(F)C(F)(F)C1(F)F. The Hall–Kier alpha value is -2.32. The molecule has 5 rings (SSSR count). The molecule has 0 unspecified atom stereocenters. The van der Waals surface area contributed by atoms with E-state index in [2.05, 4.69) is 0 Å². The van der Waals surface area contributed by atoms with Crippen LogP contribution in [0.25, 0.3) is 31.3 Å². The van der Waals surface area contributed by atoms with Crippen LogP contribution >= 0.6 is 22.7 Å². The number of rotatable bonds is 4. The summed E-state index contributed by atoms with van der Waals surface area (Å²) < 4.78 is 94.3. The molecule has 4 aromatic rings. The molecule has 35 heavy (non-hydrogen) atoms. The van der Waals surface area contributed by atoms with Gasteiger partial charge in [-0.25, -0.2) is 0 Å². The highest BCUT2D eigenvalue weighted by Crippen LogP contribution is 2.67. The maximum absolute atomic E-state index is 15.7. The fraction of sp³-hybridized carbons (Fsp3) is 0.333. The highest BCUT2D eigenvalue weighted by molar-refractivity contribution is 7.20. The van der Waals surface area contributed by atoms with E-state index in [0.717, 1.165) is 0 Å². The average Bonchev–Trinajstić information content (AvgIpc) is 3.38. The van der Waals surface area contributed by atoms with E-state index >= 15 is 26.3 Å². The van der Waals surface area contributed by atoms with Crippen molar-refractivity contribution in [1.29, 1.82) is 0 Å². The smallest absolute Gasteiger partial charge is 0.194 e. The van der Waals surface area contributed by atoms with Gasteiger partial charge in [0.1, 0.15) is 0 Å². The Kier molecular flexibility index (Phi) is 5.46. The number of allylic oxidation sites excluding steroid dienone is 2. The van der Waals surface area contributed by atoms with Crippen LogP contribution in [0.1, 0.15) is 60.4 Å². The second-order valence-corrected chi connectivity index (χ2v) is 11.6. The van der Waals surface area contributed by atoms with Gasteiger partial charge in [0.25, 0.3) is 0 Å². The molecular weight excluding hydrogens is 502 g/mol. The van der Waals surface area contributed by atoms with Crippen LogP contribution in [0.3, 0.4) is 0 Å². The molecule has 0 atom stereocenters. The molecule has 2 aromatic heterocycles. The Morgan fingerprint density at radius 3 is 1.26 bits per heavy atom. The van der Waals surface area contributed by atoms with E-state index in [1.54, 1.807) is 64.1 Å². The van der Waals surface area contributed by atoms with E-state index in [0.29, 0.717) is 19.2 Å². The van der Waals surface area contributed by atoms with Crippen LogP contribution in [-0.2, 0) is 0 Å². The lowest BCUT2D eigenvalue weighted by Gasteiger charge is -2.26. The fourth-order valence-electron chi connectivity index (χ4n) is 4.85. The second-order valence-electron chi connectivity index (χ2n) is 9.46. The molecule has 0 aliphatic heterocycles. The third-order valence-electron chi connectivity index (χ3n) is 6.46. The minimum Gasteiger partial charge on any atom is -0.194 e. The lowest BCUT2D eigenvalue weighted by Crippen LogP contribution is -2.49. The van der Waals surface area contributed by atoms with Gasteiger partial charge in [0.2, 0.25) is 0 Å². The Balaban J connectivity index is 2.04. The predicted molar refractivity (Wildman–Crippen MR) is 133 cm³/mol. The van der Waals surface area contributed by atoms with E-state index in [4.69, 9.17) is 0 Å². The maximum atomic E-state index is 15.7. The van der Waals surface area contributed by atoms with Crippen molar-refractivity contribution in [2.75, 3.05) is 0 Å². The Bertz CT molecular complexity index is 1380. The first kappa shape index (κ1) is 24.4. The molecule has 0 spiro atoms. The molecule has 2 aromatic carbocycles. The minimum absolute atomic E-state index is 0.192. The first-order valence-electron chi connectivity index (χ1n) is 11.2. The highest BCUT2D eigenvalue weighted by atomic mass is 32.1. The number of hydrogen-bond donors (Lipinski definition) is 0. The fourth-order valence-corrected chi connectivity index (χ4v) is 7.27. The molecule has 0 fully saturated rings. The number of hydrogen-bond acceptors (Lipinski definition) is 2. The molecule has 0 bridgehead atoms. The average molecular weight is 525 g/mol. The molecule has 2 heterocycles. The lowest BCUT2D eigenvalue weighted by atomic mass is 9.88. The number of alkyl halides is 6. The number of fused-ring (bicyclic) bond motifs is 2. The lowest BCUT2D eigenvalue weighted by molar-refractivity contribution is -0.254. The van der Waals surface area contributed by atoms with E-state index in [9.17, 15) is 0 Å². The zero-order valence-electron chi connectivity index (χ0n) is 19.4. The van der Waals surface area contributed by atoms with Crippen molar-refractivity contribution in [1.82, 2.24) is 0 Å². The van der Waals surface area contributed by atoms with Crippen molar-refractivity contribution in [3.8, 4) is 0 Å². The van der Waals surface area contributed by atoms with Gasteiger partial charge in [-0.05, 0) is 24.0 Å². The monoisotopic (exact) mass is 524 g/mol. The topological polar surface area (TPSA) is 0 Å². The van der Waals surface area contributed by atoms with E-state index in [1.807, 2.05) is 0 Å². The summed E-state index contributed by atoms with van der Waals surface area (Å²) >= 11 is 2.36. The second kappa shape index (κ2) is 7.84. The van der Waals surface area contributed by atoms with Gasteiger partial charge in [-0.2, -0.15) is 26.3 Å². The van der Waals surface area contributed by atoms with Crippen LogP contribution in [0.2, 0.25) is 0 Å². The zero-order valence-corrected chi connectivity index (χ0v) is 21.0. The van der Waals surface area contributed by atoms with Gasteiger partial charge in [-0.15, -0.1) is 22.7 Å². The van der Waals surface area contributed by atoms with Gasteiger partial charge in [0.15, 0.2) is 0 Å². The summed E-state index contributed by atoms with van der Waals surface area (Å²) in [6, 6.07) is 13.1. The Morgan fingerprint density at radius 2 is 0.914 bits per heavy atom. The van der Waals surface area contributed by atoms with Crippen molar-refractivity contribution in [2.45, 2.75) is 57.3 Å². The van der Waals surface area contributed by atoms with E-state index < -0.39 is 28.9 Å². The van der Waals surface area contributed by atoms with E-state index in [-0.39, 0.29) is 33.7 Å². The normalized spacial score (nSPS) is 19.1. The molecule has 184 valence electrons. The number of halogens is 6. The molecule has 0 amide bonds. The number of thiophene rings is 2. The van der Waals surface area contributed by atoms with E-state index in [1.165, 1.54) is 34.8 Å². The number of benzene rings is 2. The van der Waals surface area contributed by atoms with Gasteiger partial charge < -0.3 is 0 Å². The summed E-state index contributed by atoms with van der Waals surface area (Å²) in [5.41, 5.74) is -2.89. The molecule has 1 aliphatic carbocycles. The van der Waals surface area contributed by atoms with Crippen molar-refractivity contribution < 1.29 is 26.3 Å².